The van der Waals surface area contributed by atoms with Crippen LogP contribution in [-0.2, 0) is 10.2 Å². The third-order valence-electron chi connectivity index (χ3n) is 2.60. The average molecular weight is 242 g/mol. The number of carbonyl (C=O) groups is 1. The van der Waals surface area contributed by atoms with E-state index >= 15 is 0 Å². The average Bonchev–Trinajstić information content (AvgIpc) is 2.28. The highest BCUT2D eigenvalue weighted by atomic mass is 19.1. The summed E-state index contributed by atoms with van der Waals surface area (Å²) in [5.74, 6) is -1.55. The van der Waals surface area contributed by atoms with Gasteiger partial charge in [0.25, 0.3) is 0 Å². The van der Waals surface area contributed by atoms with Crippen molar-refractivity contribution in [2.45, 2.75) is 19.3 Å². The van der Waals surface area contributed by atoms with Gasteiger partial charge < -0.3 is 11.1 Å². The first kappa shape index (κ1) is 13.6. The highest BCUT2D eigenvalue weighted by Gasteiger charge is 2.32. The molecular formula is C12H16F2N2O. The Morgan fingerprint density at radius 3 is 2.65 bits per heavy atom. The Balaban J connectivity index is 3.03. The van der Waals surface area contributed by atoms with Gasteiger partial charge in [0.2, 0.25) is 5.91 Å². The van der Waals surface area contributed by atoms with E-state index in [0.717, 1.165) is 18.2 Å². The van der Waals surface area contributed by atoms with Crippen molar-refractivity contribution in [3.8, 4) is 0 Å². The lowest BCUT2D eigenvalue weighted by Crippen LogP contribution is -2.42. The maximum absolute atomic E-state index is 13.6. The zero-order valence-corrected chi connectivity index (χ0v) is 9.89. The molecule has 1 aromatic rings. The monoisotopic (exact) mass is 242 g/mol. The molecule has 0 aliphatic rings. The van der Waals surface area contributed by atoms with Crippen molar-refractivity contribution in [2.75, 3.05) is 13.1 Å². The van der Waals surface area contributed by atoms with Gasteiger partial charge in [-0.3, -0.25) is 4.79 Å². The van der Waals surface area contributed by atoms with Gasteiger partial charge in [-0.1, -0.05) is 0 Å². The summed E-state index contributed by atoms with van der Waals surface area (Å²) in [6, 6.07) is 3.08. The largest absolute Gasteiger partial charge is 0.354 e. The van der Waals surface area contributed by atoms with Crippen LogP contribution in [0.2, 0.25) is 0 Å². The molecule has 0 atom stereocenters. The summed E-state index contributed by atoms with van der Waals surface area (Å²) in [6.07, 6.45) is 0. The highest BCUT2D eigenvalue weighted by Crippen LogP contribution is 2.26. The van der Waals surface area contributed by atoms with Crippen LogP contribution in [0.15, 0.2) is 18.2 Å². The fourth-order valence-electron chi connectivity index (χ4n) is 1.51. The minimum atomic E-state index is -1.14. The molecule has 3 nitrogen and oxygen atoms in total. The Morgan fingerprint density at radius 2 is 2.06 bits per heavy atom. The van der Waals surface area contributed by atoms with Crippen LogP contribution in [0.25, 0.3) is 0 Å². The van der Waals surface area contributed by atoms with Crippen molar-refractivity contribution in [3.63, 3.8) is 0 Å². The SMILES string of the molecule is CC(C)(C(=O)NCCN)c1cc(F)ccc1F. The second kappa shape index (κ2) is 5.23. The molecule has 1 aromatic carbocycles. The zero-order valence-electron chi connectivity index (χ0n) is 9.89. The fourth-order valence-corrected chi connectivity index (χ4v) is 1.51. The molecule has 0 spiro atoms. The van der Waals surface area contributed by atoms with Gasteiger partial charge in [0.1, 0.15) is 11.6 Å². The summed E-state index contributed by atoms with van der Waals surface area (Å²) >= 11 is 0. The molecule has 0 saturated heterocycles. The fraction of sp³-hybridized carbons (Fsp3) is 0.417. The predicted molar refractivity (Wildman–Crippen MR) is 61.4 cm³/mol. The zero-order chi connectivity index (χ0) is 13.1. The maximum atomic E-state index is 13.6. The van der Waals surface area contributed by atoms with Crippen LogP contribution in [0, 0.1) is 11.6 Å². The number of hydrogen-bond donors (Lipinski definition) is 2. The number of rotatable bonds is 4. The number of hydrogen-bond acceptors (Lipinski definition) is 2. The first-order valence-electron chi connectivity index (χ1n) is 5.33. The standard InChI is InChI=1S/C12H16F2N2O/c1-12(2,11(17)16-6-5-15)9-7-8(13)3-4-10(9)14/h3-4,7H,5-6,15H2,1-2H3,(H,16,17). The summed E-state index contributed by atoms with van der Waals surface area (Å²) in [4.78, 5) is 11.8. The van der Waals surface area contributed by atoms with E-state index in [-0.39, 0.29) is 11.5 Å². The normalized spacial score (nSPS) is 11.4. The lowest BCUT2D eigenvalue weighted by molar-refractivity contribution is -0.125. The van der Waals surface area contributed by atoms with Gasteiger partial charge in [-0.25, -0.2) is 8.78 Å². The molecule has 0 fully saturated rings. The van der Waals surface area contributed by atoms with Crippen LogP contribution in [0.1, 0.15) is 19.4 Å². The highest BCUT2D eigenvalue weighted by molar-refractivity contribution is 5.87. The van der Waals surface area contributed by atoms with Crippen LogP contribution >= 0.6 is 0 Å². The minimum Gasteiger partial charge on any atom is -0.354 e. The molecule has 0 saturated carbocycles. The molecule has 3 N–H and O–H groups in total. The van der Waals surface area contributed by atoms with Gasteiger partial charge in [-0.15, -0.1) is 0 Å². The molecule has 1 amide bonds. The first-order valence-corrected chi connectivity index (χ1v) is 5.33. The third kappa shape index (κ3) is 3.00. The molecule has 0 bridgehead atoms. The van der Waals surface area contributed by atoms with E-state index in [0.29, 0.717) is 13.1 Å². The molecule has 17 heavy (non-hydrogen) atoms. The number of carbonyl (C=O) groups excluding carboxylic acids is 1. The molecule has 0 unspecified atom stereocenters. The third-order valence-corrected chi connectivity index (χ3v) is 2.60. The Bertz CT molecular complexity index is 419. The lowest BCUT2D eigenvalue weighted by Gasteiger charge is -2.24. The predicted octanol–water partition coefficient (Wildman–Crippen LogP) is 1.32. The molecule has 5 heteroatoms. The smallest absolute Gasteiger partial charge is 0.230 e. The summed E-state index contributed by atoms with van der Waals surface area (Å²) < 4.78 is 26.7. The van der Waals surface area contributed by atoms with Crippen LogP contribution in [-0.4, -0.2) is 19.0 Å². The minimum absolute atomic E-state index is 0.0343. The number of halogens is 2. The van der Waals surface area contributed by atoms with Crippen molar-refractivity contribution in [2.24, 2.45) is 5.73 Å². The summed E-state index contributed by atoms with van der Waals surface area (Å²) in [7, 11) is 0. The lowest BCUT2D eigenvalue weighted by atomic mass is 9.83. The molecular weight excluding hydrogens is 226 g/mol. The van der Waals surface area contributed by atoms with Crippen molar-refractivity contribution in [3.05, 3.63) is 35.4 Å². The van der Waals surface area contributed by atoms with Crippen molar-refractivity contribution >= 4 is 5.91 Å². The van der Waals surface area contributed by atoms with Crippen LogP contribution in [0.3, 0.4) is 0 Å². The second-order valence-corrected chi connectivity index (χ2v) is 4.29. The van der Waals surface area contributed by atoms with E-state index in [1.165, 1.54) is 13.8 Å². The van der Waals surface area contributed by atoms with Gasteiger partial charge in [0.15, 0.2) is 0 Å². The van der Waals surface area contributed by atoms with E-state index in [2.05, 4.69) is 5.32 Å². The quantitative estimate of drug-likeness (QED) is 0.836. The Labute approximate surface area is 99.0 Å². The van der Waals surface area contributed by atoms with Gasteiger partial charge in [-0.2, -0.15) is 0 Å². The first-order chi connectivity index (χ1) is 7.89. The Morgan fingerprint density at radius 1 is 1.41 bits per heavy atom. The van der Waals surface area contributed by atoms with Gasteiger partial charge in [0.05, 0.1) is 5.41 Å². The summed E-state index contributed by atoms with van der Waals surface area (Å²) in [5.41, 5.74) is 4.16. The van der Waals surface area contributed by atoms with Crippen LogP contribution < -0.4 is 11.1 Å². The van der Waals surface area contributed by atoms with E-state index in [4.69, 9.17) is 5.73 Å². The second-order valence-electron chi connectivity index (χ2n) is 4.29. The van der Waals surface area contributed by atoms with Crippen molar-refractivity contribution in [1.82, 2.24) is 5.32 Å². The Kier molecular flexibility index (Phi) is 4.17. The molecule has 0 heterocycles. The van der Waals surface area contributed by atoms with E-state index in [1.807, 2.05) is 0 Å². The summed E-state index contributed by atoms with van der Waals surface area (Å²) in [6.45, 7) is 3.68. The number of nitrogens with one attached hydrogen (secondary N) is 1. The van der Waals surface area contributed by atoms with E-state index < -0.39 is 17.0 Å². The maximum Gasteiger partial charge on any atom is 0.230 e. The van der Waals surface area contributed by atoms with Crippen LogP contribution in [0.5, 0.6) is 0 Å². The number of amides is 1. The van der Waals surface area contributed by atoms with Gasteiger partial charge >= 0.3 is 0 Å². The molecule has 0 aliphatic carbocycles. The van der Waals surface area contributed by atoms with Crippen LogP contribution in [0.4, 0.5) is 8.78 Å². The molecule has 1 rings (SSSR count). The summed E-state index contributed by atoms with van der Waals surface area (Å²) in [5, 5.41) is 2.56. The Hall–Kier alpha value is -1.49. The van der Waals surface area contributed by atoms with Crippen molar-refractivity contribution < 1.29 is 13.6 Å². The molecule has 0 aliphatic heterocycles. The van der Waals surface area contributed by atoms with Gasteiger partial charge in [-0.05, 0) is 32.0 Å². The van der Waals surface area contributed by atoms with Crippen molar-refractivity contribution in [1.29, 1.82) is 0 Å². The molecule has 94 valence electrons. The number of benzene rings is 1. The molecule has 0 aromatic heterocycles. The number of nitrogens with two attached hydrogens (primary N) is 1. The van der Waals surface area contributed by atoms with E-state index in [1.54, 1.807) is 0 Å². The topological polar surface area (TPSA) is 55.1 Å². The van der Waals surface area contributed by atoms with E-state index in [9.17, 15) is 13.6 Å². The van der Waals surface area contributed by atoms with Gasteiger partial charge in [0, 0.05) is 18.7 Å². The molecule has 0 radical (unpaired) electrons.